The number of rotatable bonds is 9. The summed E-state index contributed by atoms with van der Waals surface area (Å²) in [6, 6.07) is 8.80. The van der Waals surface area contributed by atoms with Crippen LogP contribution in [0.3, 0.4) is 0 Å². The molecule has 170 valence electrons. The fourth-order valence-corrected chi connectivity index (χ4v) is 4.10. The van der Waals surface area contributed by atoms with Gasteiger partial charge in [0.25, 0.3) is 0 Å². The second kappa shape index (κ2) is 8.80. The highest BCUT2D eigenvalue weighted by Crippen LogP contribution is 2.51. The van der Waals surface area contributed by atoms with Gasteiger partial charge >= 0.3 is 12.4 Å². The van der Waals surface area contributed by atoms with E-state index in [4.69, 9.17) is 18.9 Å². The number of hydrogen-bond acceptors (Lipinski definition) is 8. The summed E-state index contributed by atoms with van der Waals surface area (Å²) in [5, 5.41) is 18.6. The van der Waals surface area contributed by atoms with E-state index in [2.05, 4.69) is 0 Å². The van der Waals surface area contributed by atoms with Crippen LogP contribution in [0.4, 0.5) is 0 Å². The van der Waals surface area contributed by atoms with E-state index in [0.29, 0.717) is 42.6 Å². The summed E-state index contributed by atoms with van der Waals surface area (Å²) in [7, 11) is 1.42. The van der Waals surface area contributed by atoms with Gasteiger partial charge in [0.05, 0.1) is 13.7 Å². The molecule has 2 aliphatic rings. The second-order valence-electron chi connectivity index (χ2n) is 7.96. The minimum atomic E-state index is -2.05. The van der Waals surface area contributed by atoms with Crippen molar-refractivity contribution < 1.29 is 38.7 Å². The molecule has 2 N–H and O–H groups in total. The van der Waals surface area contributed by atoms with Crippen molar-refractivity contribution in [3.63, 3.8) is 0 Å². The van der Waals surface area contributed by atoms with Crippen LogP contribution < -0.4 is 14.2 Å². The lowest BCUT2D eigenvalue weighted by Crippen LogP contribution is -2.26. The van der Waals surface area contributed by atoms with Crippen LogP contribution >= 0.6 is 0 Å². The van der Waals surface area contributed by atoms with Gasteiger partial charge < -0.3 is 29.2 Å². The number of fused-ring (bicyclic) bond motifs is 1. The Morgan fingerprint density at radius 3 is 2.47 bits per heavy atom. The van der Waals surface area contributed by atoms with Crippen molar-refractivity contribution in [3.8, 4) is 28.4 Å². The van der Waals surface area contributed by atoms with E-state index < -0.39 is 11.9 Å². The molecule has 2 aliphatic carbocycles. The number of hydrogen-bond donors (Lipinski definition) is 2. The molecule has 8 nitrogen and oxygen atoms in total. The maximum atomic E-state index is 12.4. The van der Waals surface area contributed by atoms with Crippen molar-refractivity contribution >= 4 is 11.8 Å². The number of Topliss-reactive ketones (excluding diaryl/α,β-unsaturated/α-hetero) is 1. The first-order valence-electron chi connectivity index (χ1n) is 10.6. The molecule has 1 saturated carbocycles. The van der Waals surface area contributed by atoms with Gasteiger partial charge in [-0.2, -0.15) is 0 Å². The fraction of sp³-hybridized carbons (Fsp3) is 0.417. The lowest BCUT2D eigenvalue weighted by molar-refractivity contribution is -0.180. The molecule has 0 spiro atoms. The molecule has 32 heavy (non-hydrogen) atoms. The third-order valence-electron chi connectivity index (χ3n) is 5.94. The monoisotopic (exact) mass is 442 g/mol. The Bertz CT molecular complexity index is 1040. The number of carbonyl (C=O) groups excluding carboxylic acids is 2. The van der Waals surface area contributed by atoms with E-state index in [1.54, 1.807) is 19.1 Å². The summed E-state index contributed by atoms with van der Waals surface area (Å²) in [4.78, 5) is 24.6. The lowest BCUT2D eigenvalue weighted by Gasteiger charge is -2.22. The first kappa shape index (κ1) is 22.1. The van der Waals surface area contributed by atoms with E-state index >= 15 is 0 Å². The molecule has 1 fully saturated rings. The molecule has 4 rings (SSSR count). The molecular weight excluding hydrogens is 416 g/mol. The van der Waals surface area contributed by atoms with Crippen molar-refractivity contribution in [2.24, 2.45) is 5.41 Å². The summed E-state index contributed by atoms with van der Waals surface area (Å²) in [6.07, 6.45) is 2.38. The Labute approximate surface area is 185 Å². The fourth-order valence-electron chi connectivity index (χ4n) is 4.10. The van der Waals surface area contributed by atoms with Crippen molar-refractivity contribution in [3.05, 3.63) is 41.5 Å². The quantitative estimate of drug-likeness (QED) is 0.450. The van der Waals surface area contributed by atoms with Gasteiger partial charge in [-0.25, -0.2) is 0 Å². The zero-order valence-corrected chi connectivity index (χ0v) is 18.1. The van der Waals surface area contributed by atoms with E-state index in [1.807, 2.05) is 18.2 Å². The molecule has 0 radical (unpaired) electrons. The first-order chi connectivity index (χ1) is 15.4. The molecule has 0 heterocycles. The van der Waals surface area contributed by atoms with Crippen molar-refractivity contribution in [2.75, 3.05) is 20.3 Å². The van der Waals surface area contributed by atoms with Crippen LogP contribution in [0.1, 0.15) is 42.1 Å². The van der Waals surface area contributed by atoms with Gasteiger partial charge in [0.1, 0.15) is 12.0 Å². The maximum Gasteiger partial charge on any atom is 0.315 e. The van der Waals surface area contributed by atoms with Crippen LogP contribution in [0.2, 0.25) is 0 Å². The van der Waals surface area contributed by atoms with Gasteiger partial charge in [-0.1, -0.05) is 18.2 Å². The van der Waals surface area contributed by atoms with Crippen molar-refractivity contribution in [1.29, 1.82) is 0 Å². The van der Waals surface area contributed by atoms with E-state index in [9.17, 15) is 19.8 Å². The van der Waals surface area contributed by atoms with Crippen LogP contribution in [0.5, 0.6) is 17.2 Å². The molecule has 0 aromatic heterocycles. The SMILES string of the molecule is CCOC(=O)C1(COc2c(-c3cccc4c3CCC4=O)ccc(OC(O)O)c2OC)CC1. The third-order valence-corrected chi connectivity index (χ3v) is 5.94. The van der Waals surface area contributed by atoms with Gasteiger partial charge in [-0.05, 0) is 49.4 Å². The predicted octanol–water partition coefficient (Wildman–Crippen LogP) is 2.86. The number of methoxy groups -OCH3 is 1. The third kappa shape index (κ3) is 4.03. The zero-order chi connectivity index (χ0) is 22.9. The van der Waals surface area contributed by atoms with Gasteiger partial charge in [-0.3, -0.25) is 9.59 Å². The zero-order valence-electron chi connectivity index (χ0n) is 18.1. The Morgan fingerprint density at radius 1 is 1.06 bits per heavy atom. The molecule has 0 unspecified atom stereocenters. The molecule has 2 aromatic carbocycles. The van der Waals surface area contributed by atoms with Gasteiger partial charge in [0, 0.05) is 17.5 Å². The smallest absolute Gasteiger partial charge is 0.315 e. The number of ether oxygens (including phenoxy) is 4. The molecule has 0 aliphatic heterocycles. The molecule has 0 bridgehead atoms. The number of aliphatic hydroxyl groups is 2. The summed E-state index contributed by atoms with van der Waals surface area (Å²) in [5.41, 5.74) is 2.38. The molecule has 0 amide bonds. The minimum Gasteiger partial charge on any atom is -0.490 e. The van der Waals surface area contributed by atoms with Crippen LogP contribution in [-0.2, 0) is 16.0 Å². The van der Waals surface area contributed by atoms with Crippen molar-refractivity contribution in [1.82, 2.24) is 0 Å². The average molecular weight is 442 g/mol. The predicted molar refractivity (Wildman–Crippen MR) is 114 cm³/mol. The molecule has 2 aromatic rings. The highest BCUT2D eigenvalue weighted by Gasteiger charge is 2.52. The van der Waals surface area contributed by atoms with Crippen LogP contribution in [0, 0.1) is 5.41 Å². The lowest BCUT2D eigenvalue weighted by atomic mass is 9.95. The Hall–Kier alpha value is -3.10. The molecule has 0 atom stereocenters. The minimum absolute atomic E-state index is 0.0749. The van der Waals surface area contributed by atoms with Crippen LogP contribution in [0.15, 0.2) is 30.3 Å². The highest BCUT2D eigenvalue weighted by molar-refractivity contribution is 6.02. The second-order valence-corrected chi connectivity index (χ2v) is 7.96. The Kier molecular flexibility index (Phi) is 6.08. The van der Waals surface area contributed by atoms with E-state index in [1.165, 1.54) is 7.11 Å². The van der Waals surface area contributed by atoms with E-state index in [0.717, 1.165) is 11.1 Å². The van der Waals surface area contributed by atoms with Gasteiger partial charge in [-0.15, -0.1) is 0 Å². The Balaban J connectivity index is 1.77. The summed E-state index contributed by atoms with van der Waals surface area (Å²) >= 11 is 0. The Morgan fingerprint density at radius 2 is 1.81 bits per heavy atom. The largest absolute Gasteiger partial charge is 0.490 e. The van der Waals surface area contributed by atoms with Gasteiger partial charge in [0.2, 0.25) is 5.75 Å². The normalized spacial score (nSPS) is 16.0. The maximum absolute atomic E-state index is 12.4. The summed E-state index contributed by atoms with van der Waals surface area (Å²) in [6.45, 7) is 0.0787. The van der Waals surface area contributed by atoms with Crippen LogP contribution in [0.25, 0.3) is 11.1 Å². The number of ketones is 1. The standard InChI is InChI=1S/C24H26O8/c1-3-30-22(26)24(11-12-24)13-31-20-17(8-10-19(21(20)29-2)32-23(27)28)14-5-4-6-16-15(14)7-9-18(16)25/h4-6,8,10,23,27-28H,3,7,9,11-13H2,1-2H3. The first-order valence-corrected chi connectivity index (χ1v) is 10.6. The number of carbonyl (C=O) groups is 2. The number of benzene rings is 2. The number of aliphatic hydroxyl groups excluding tert-OH is 1. The van der Waals surface area contributed by atoms with Gasteiger partial charge in [0.15, 0.2) is 17.3 Å². The summed E-state index contributed by atoms with van der Waals surface area (Å²) in [5.74, 6) is 0.334. The topological polar surface area (TPSA) is 112 Å². The van der Waals surface area contributed by atoms with Crippen molar-refractivity contribution in [2.45, 2.75) is 39.1 Å². The summed E-state index contributed by atoms with van der Waals surface area (Å²) < 4.78 is 22.0. The van der Waals surface area contributed by atoms with Crippen LogP contribution in [-0.4, -0.2) is 48.8 Å². The highest BCUT2D eigenvalue weighted by atomic mass is 16.7. The molecule has 0 saturated heterocycles. The molecular formula is C24H26O8. The number of esters is 1. The molecule has 8 heteroatoms. The average Bonchev–Trinajstić information content (AvgIpc) is 3.48. The van der Waals surface area contributed by atoms with E-state index in [-0.39, 0.29) is 36.5 Å².